The molecule has 4 nitrogen and oxygen atoms in total. The van der Waals surface area contributed by atoms with Crippen molar-refractivity contribution in [2.75, 3.05) is 31.1 Å². The van der Waals surface area contributed by atoms with E-state index >= 15 is 0 Å². The predicted octanol–water partition coefficient (Wildman–Crippen LogP) is 4.84. The van der Waals surface area contributed by atoms with Crippen LogP contribution in [0.3, 0.4) is 0 Å². The number of benzene rings is 1. The normalized spacial score (nSPS) is 15.2. The van der Waals surface area contributed by atoms with Crippen molar-refractivity contribution < 1.29 is 18.0 Å². The number of anilines is 1. The van der Waals surface area contributed by atoms with E-state index in [1.165, 1.54) is 5.56 Å². The van der Waals surface area contributed by atoms with Gasteiger partial charge in [-0.2, -0.15) is 13.2 Å². The second-order valence-corrected chi connectivity index (χ2v) is 7.49. The van der Waals surface area contributed by atoms with Crippen LogP contribution in [-0.4, -0.2) is 42.0 Å². The number of nitrogens with zero attached hydrogens (tertiary/aromatic N) is 3. The molecule has 2 aromatic rings. The van der Waals surface area contributed by atoms with Gasteiger partial charge in [0, 0.05) is 37.9 Å². The Hall–Kier alpha value is -2.28. The van der Waals surface area contributed by atoms with Gasteiger partial charge in [-0.05, 0) is 29.7 Å². The van der Waals surface area contributed by atoms with E-state index in [2.05, 4.69) is 18.8 Å². The third kappa shape index (κ3) is 4.41. The Kier molecular flexibility index (Phi) is 5.84. The van der Waals surface area contributed by atoms with Crippen LogP contribution in [0.15, 0.2) is 36.5 Å². The summed E-state index contributed by atoms with van der Waals surface area (Å²) >= 11 is 6.02. The molecule has 1 aliphatic heterocycles. The molecular formula is C20H21ClF3N3O. The largest absolute Gasteiger partial charge is 0.417 e. The minimum absolute atomic E-state index is 0.0427. The minimum Gasteiger partial charge on any atom is -0.352 e. The summed E-state index contributed by atoms with van der Waals surface area (Å²) in [6, 6.07) is 8.47. The minimum atomic E-state index is -4.48. The van der Waals surface area contributed by atoms with Gasteiger partial charge in [0.05, 0.1) is 10.6 Å². The Morgan fingerprint density at radius 1 is 1.11 bits per heavy atom. The number of carbonyl (C=O) groups excluding carboxylic acids is 1. The van der Waals surface area contributed by atoms with E-state index in [4.69, 9.17) is 11.6 Å². The number of hydrogen-bond acceptors (Lipinski definition) is 3. The third-order valence-electron chi connectivity index (χ3n) is 4.84. The summed E-state index contributed by atoms with van der Waals surface area (Å²) in [7, 11) is 0. The van der Waals surface area contributed by atoms with Crippen LogP contribution in [0.1, 0.15) is 41.3 Å². The van der Waals surface area contributed by atoms with Gasteiger partial charge in [0.2, 0.25) is 0 Å². The average Bonchev–Trinajstić information content (AvgIpc) is 2.67. The van der Waals surface area contributed by atoms with E-state index < -0.39 is 11.7 Å². The van der Waals surface area contributed by atoms with Crippen molar-refractivity contribution in [1.82, 2.24) is 9.88 Å². The van der Waals surface area contributed by atoms with Crippen molar-refractivity contribution in [3.63, 3.8) is 0 Å². The summed E-state index contributed by atoms with van der Waals surface area (Å²) in [6.45, 7) is 5.99. The molecule has 1 fully saturated rings. The summed E-state index contributed by atoms with van der Waals surface area (Å²) in [5.74, 6) is 0.651. The van der Waals surface area contributed by atoms with E-state index in [-0.39, 0.29) is 10.9 Å². The molecular weight excluding hydrogens is 391 g/mol. The van der Waals surface area contributed by atoms with Gasteiger partial charge in [-0.3, -0.25) is 4.79 Å². The van der Waals surface area contributed by atoms with Gasteiger partial charge in [-0.1, -0.05) is 37.6 Å². The fourth-order valence-corrected chi connectivity index (χ4v) is 3.42. The molecule has 1 saturated heterocycles. The van der Waals surface area contributed by atoms with E-state index in [9.17, 15) is 18.0 Å². The summed E-state index contributed by atoms with van der Waals surface area (Å²) in [5, 5.41) is -0.0427. The summed E-state index contributed by atoms with van der Waals surface area (Å²) in [4.78, 5) is 20.1. The lowest BCUT2D eigenvalue weighted by molar-refractivity contribution is -0.137. The van der Waals surface area contributed by atoms with Crippen LogP contribution in [0.25, 0.3) is 0 Å². The molecule has 0 spiro atoms. The Morgan fingerprint density at radius 3 is 2.21 bits per heavy atom. The first-order valence-corrected chi connectivity index (χ1v) is 9.41. The number of alkyl halides is 3. The van der Waals surface area contributed by atoms with Crippen LogP contribution in [0.4, 0.5) is 19.0 Å². The number of amides is 1. The molecule has 8 heteroatoms. The molecule has 0 radical (unpaired) electrons. The molecule has 1 aromatic carbocycles. The highest BCUT2D eigenvalue weighted by Gasteiger charge is 2.32. The maximum absolute atomic E-state index is 12.8. The van der Waals surface area contributed by atoms with E-state index in [1.807, 2.05) is 24.3 Å². The number of rotatable bonds is 3. The van der Waals surface area contributed by atoms with Gasteiger partial charge < -0.3 is 9.80 Å². The Bertz CT molecular complexity index is 845. The first-order chi connectivity index (χ1) is 13.2. The van der Waals surface area contributed by atoms with Crippen molar-refractivity contribution in [3.05, 3.63) is 58.2 Å². The molecule has 28 heavy (non-hydrogen) atoms. The maximum Gasteiger partial charge on any atom is 0.417 e. The van der Waals surface area contributed by atoms with E-state index in [0.29, 0.717) is 43.5 Å². The van der Waals surface area contributed by atoms with Crippen LogP contribution in [0, 0.1) is 0 Å². The zero-order valence-corrected chi connectivity index (χ0v) is 16.4. The van der Waals surface area contributed by atoms with Crippen molar-refractivity contribution in [1.29, 1.82) is 0 Å². The van der Waals surface area contributed by atoms with Crippen LogP contribution in [0.2, 0.25) is 5.02 Å². The van der Waals surface area contributed by atoms with Crippen molar-refractivity contribution in [2.45, 2.75) is 25.9 Å². The van der Waals surface area contributed by atoms with Gasteiger partial charge in [0.15, 0.2) is 0 Å². The molecule has 0 saturated carbocycles. The molecule has 0 unspecified atom stereocenters. The SMILES string of the molecule is CC(C)c1ccc(C(=O)N2CCN(c3ncc(C(F)(F)F)cc3Cl)CC2)cc1. The molecule has 1 aromatic heterocycles. The number of aromatic nitrogens is 1. The number of carbonyl (C=O) groups is 1. The maximum atomic E-state index is 12.8. The molecule has 0 N–H and O–H groups in total. The number of halogens is 4. The molecule has 0 aliphatic carbocycles. The number of pyridine rings is 1. The monoisotopic (exact) mass is 411 g/mol. The Labute approximate surface area is 166 Å². The second-order valence-electron chi connectivity index (χ2n) is 7.08. The van der Waals surface area contributed by atoms with Crippen molar-refractivity contribution >= 4 is 23.3 Å². The molecule has 1 amide bonds. The summed E-state index contributed by atoms with van der Waals surface area (Å²) in [5.41, 5.74) is 0.924. The topological polar surface area (TPSA) is 36.4 Å². The molecule has 2 heterocycles. The molecule has 150 valence electrons. The smallest absolute Gasteiger partial charge is 0.352 e. The van der Waals surface area contributed by atoms with Gasteiger partial charge in [-0.15, -0.1) is 0 Å². The lowest BCUT2D eigenvalue weighted by Gasteiger charge is -2.36. The quantitative estimate of drug-likeness (QED) is 0.725. The second kappa shape index (κ2) is 7.99. The van der Waals surface area contributed by atoms with Gasteiger partial charge in [0.25, 0.3) is 5.91 Å². The zero-order chi connectivity index (χ0) is 20.5. The predicted molar refractivity (Wildman–Crippen MR) is 103 cm³/mol. The number of hydrogen-bond donors (Lipinski definition) is 0. The highest BCUT2D eigenvalue weighted by molar-refractivity contribution is 6.33. The first-order valence-electron chi connectivity index (χ1n) is 9.03. The zero-order valence-electron chi connectivity index (χ0n) is 15.6. The van der Waals surface area contributed by atoms with E-state index in [1.54, 1.807) is 9.80 Å². The van der Waals surface area contributed by atoms with Gasteiger partial charge >= 0.3 is 6.18 Å². The molecule has 3 rings (SSSR count). The summed E-state index contributed by atoms with van der Waals surface area (Å²) in [6.07, 6.45) is -3.69. The Balaban J connectivity index is 1.65. The standard InChI is InChI=1S/C20H21ClF3N3O/c1-13(2)14-3-5-15(6-4-14)19(28)27-9-7-26(8-10-27)18-17(21)11-16(12-25-18)20(22,23)24/h3-6,11-13H,7-10H2,1-2H3. The highest BCUT2D eigenvalue weighted by Crippen LogP contribution is 2.33. The Morgan fingerprint density at radius 2 is 1.71 bits per heavy atom. The van der Waals surface area contributed by atoms with Crippen molar-refractivity contribution in [3.8, 4) is 0 Å². The van der Waals surface area contributed by atoms with Gasteiger partial charge in [0.1, 0.15) is 5.82 Å². The van der Waals surface area contributed by atoms with Crippen LogP contribution in [-0.2, 0) is 6.18 Å². The average molecular weight is 412 g/mol. The lowest BCUT2D eigenvalue weighted by atomic mass is 10.0. The lowest BCUT2D eigenvalue weighted by Crippen LogP contribution is -2.49. The van der Waals surface area contributed by atoms with Gasteiger partial charge in [-0.25, -0.2) is 4.98 Å². The first kappa shape index (κ1) is 20.5. The molecule has 0 atom stereocenters. The molecule has 0 bridgehead atoms. The third-order valence-corrected chi connectivity index (χ3v) is 5.12. The number of piperazine rings is 1. The van der Waals surface area contributed by atoms with Crippen molar-refractivity contribution in [2.24, 2.45) is 0 Å². The summed E-state index contributed by atoms with van der Waals surface area (Å²) < 4.78 is 38.3. The fraction of sp³-hybridized carbons (Fsp3) is 0.400. The van der Waals surface area contributed by atoms with Crippen LogP contribution in [0.5, 0.6) is 0 Å². The van der Waals surface area contributed by atoms with Crippen LogP contribution >= 0.6 is 11.6 Å². The van der Waals surface area contributed by atoms with Crippen LogP contribution < -0.4 is 4.90 Å². The molecule has 1 aliphatic rings. The highest BCUT2D eigenvalue weighted by atomic mass is 35.5. The van der Waals surface area contributed by atoms with E-state index in [0.717, 1.165) is 12.3 Å². The fourth-order valence-electron chi connectivity index (χ4n) is 3.13.